The van der Waals surface area contributed by atoms with Gasteiger partial charge in [0.15, 0.2) is 0 Å². The van der Waals surface area contributed by atoms with E-state index >= 15 is 0 Å². The van der Waals surface area contributed by atoms with Crippen molar-refractivity contribution in [3.05, 3.63) is 140 Å². The van der Waals surface area contributed by atoms with Crippen LogP contribution in [0.25, 0.3) is 86.8 Å². The number of hydrogen-bond acceptors (Lipinski definition) is 2. The molecule has 1 nitrogen and oxygen atoms in total. The van der Waals surface area contributed by atoms with Gasteiger partial charge >= 0.3 is 0 Å². The van der Waals surface area contributed by atoms with E-state index in [1.54, 1.807) is 0 Å². The molecular formula is C39H23NS. The van der Waals surface area contributed by atoms with Gasteiger partial charge in [0.25, 0.3) is 0 Å². The number of benzene rings is 6. The molecule has 0 spiro atoms. The maximum atomic E-state index is 5.61. The van der Waals surface area contributed by atoms with Gasteiger partial charge in [0, 0.05) is 48.0 Å². The van der Waals surface area contributed by atoms with Crippen LogP contribution in [0.4, 0.5) is 0 Å². The monoisotopic (exact) mass is 537 g/mol. The van der Waals surface area contributed by atoms with Crippen molar-refractivity contribution in [2.24, 2.45) is 0 Å². The summed E-state index contributed by atoms with van der Waals surface area (Å²) < 4.78 is 2.62. The van der Waals surface area contributed by atoms with Crippen LogP contribution >= 0.6 is 11.3 Å². The molecular weight excluding hydrogens is 515 g/mol. The van der Waals surface area contributed by atoms with Crippen LogP contribution in [0.1, 0.15) is 0 Å². The standard InChI is InChI=1S/C39H23NS/c1-3-11-25(12-4-1)35-36-29-18-9-15-24-16-10-19-30(34(24)29)37(36)38(26-13-5-2-6-14-26)40-39(35)27-21-22-33-31(23-27)28-17-7-8-20-32(28)41-33/h1-23H. The summed E-state index contributed by atoms with van der Waals surface area (Å²) in [7, 11) is 0. The Hall–Kier alpha value is -5.05. The molecule has 1 aliphatic carbocycles. The average Bonchev–Trinajstić information content (AvgIpc) is 3.58. The van der Waals surface area contributed by atoms with Crippen molar-refractivity contribution in [2.45, 2.75) is 0 Å². The molecule has 0 aliphatic heterocycles. The summed E-state index contributed by atoms with van der Waals surface area (Å²) in [6, 6.07) is 50.5. The van der Waals surface area contributed by atoms with E-state index in [4.69, 9.17) is 4.98 Å². The first-order valence-corrected chi connectivity index (χ1v) is 14.8. The maximum Gasteiger partial charge on any atom is 0.0794 e. The van der Waals surface area contributed by atoms with Gasteiger partial charge in [-0.2, -0.15) is 0 Å². The third-order valence-corrected chi connectivity index (χ3v) is 9.55. The van der Waals surface area contributed by atoms with Crippen LogP contribution in [-0.4, -0.2) is 4.98 Å². The van der Waals surface area contributed by atoms with Gasteiger partial charge in [-0.3, -0.25) is 0 Å². The van der Waals surface area contributed by atoms with Gasteiger partial charge in [0.1, 0.15) is 0 Å². The molecule has 41 heavy (non-hydrogen) atoms. The molecule has 0 unspecified atom stereocenters. The van der Waals surface area contributed by atoms with Gasteiger partial charge in [-0.25, -0.2) is 4.98 Å². The zero-order valence-corrected chi connectivity index (χ0v) is 23.0. The molecule has 190 valence electrons. The Morgan fingerprint density at radius 1 is 0.415 bits per heavy atom. The van der Waals surface area contributed by atoms with Crippen molar-refractivity contribution in [3.8, 4) is 55.9 Å². The van der Waals surface area contributed by atoms with Crippen molar-refractivity contribution in [1.82, 2.24) is 4.98 Å². The van der Waals surface area contributed by atoms with E-state index in [1.807, 2.05) is 11.3 Å². The van der Waals surface area contributed by atoms with Crippen molar-refractivity contribution in [3.63, 3.8) is 0 Å². The number of fused-ring (bicyclic) bond motifs is 6. The molecule has 0 saturated heterocycles. The van der Waals surface area contributed by atoms with Crippen molar-refractivity contribution in [2.75, 3.05) is 0 Å². The van der Waals surface area contributed by atoms with E-state index in [2.05, 4.69) is 140 Å². The zero-order chi connectivity index (χ0) is 26.9. The van der Waals surface area contributed by atoms with Gasteiger partial charge < -0.3 is 0 Å². The number of aromatic nitrogens is 1. The highest BCUT2D eigenvalue weighted by Gasteiger charge is 2.31. The van der Waals surface area contributed by atoms with Crippen LogP contribution in [0.5, 0.6) is 0 Å². The summed E-state index contributed by atoms with van der Waals surface area (Å²) >= 11 is 1.85. The molecule has 6 aromatic carbocycles. The fraction of sp³-hybridized carbons (Fsp3) is 0. The first-order chi connectivity index (χ1) is 20.3. The summed E-state index contributed by atoms with van der Waals surface area (Å²) in [6.45, 7) is 0. The lowest BCUT2D eigenvalue weighted by molar-refractivity contribution is 1.33. The molecule has 8 aromatic rings. The average molecular weight is 538 g/mol. The topological polar surface area (TPSA) is 12.9 Å². The molecule has 9 rings (SSSR count). The number of pyridine rings is 1. The van der Waals surface area contributed by atoms with E-state index in [1.165, 1.54) is 64.3 Å². The molecule has 0 radical (unpaired) electrons. The summed E-state index contributed by atoms with van der Waals surface area (Å²) in [4.78, 5) is 5.61. The quantitative estimate of drug-likeness (QED) is 0.218. The number of thiophene rings is 1. The normalized spacial score (nSPS) is 11.9. The fourth-order valence-corrected chi connectivity index (χ4v) is 7.73. The van der Waals surface area contributed by atoms with Gasteiger partial charge in [0.2, 0.25) is 0 Å². The lowest BCUT2D eigenvalue weighted by Gasteiger charge is -2.19. The molecule has 0 saturated carbocycles. The van der Waals surface area contributed by atoms with E-state index in [0.717, 1.165) is 22.5 Å². The summed E-state index contributed by atoms with van der Waals surface area (Å²) in [6.07, 6.45) is 0. The second-order valence-corrected chi connectivity index (χ2v) is 11.8. The van der Waals surface area contributed by atoms with Gasteiger partial charge in [-0.1, -0.05) is 121 Å². The molecule has 0 fully saturated rings. The predicted octanol–water partition coefficient (Wildman–Crippen LogP) is 11.3. The molecule has 2 heteroatoms. The minimum absolute atomic E-state index is 1.02. The molecule has 0 atom stereocenters. The summed E-state index contributed by atoms with van der Waals surface area (Å²) in [5.74, 6) is 0. The molecule has 0 bridgehead atoms. The Morgan fingerprint density at radius 3 is 1.83 bits per heavy atom. The Bertz CT molecular complexity index is 2290. The Balaban J connectivity index is 1.46. The molecule has 1 aliphatic rings. The minimum atomic E-state index is 1.02. The van der Waals surface area contributed by atoms with Gasteiger partial charge in [0.05, 0.1) is 11.4 Å². The smallest absolute Gasteiger partial charge is 0.0794 e. The predicted molar refractivity (Wildman–Crippen MR) is 175 cm³/mol. The zero-order valence-electron chi connectivity index (χ0n) is 22.1. The minimum Gasteiger partial charge on any atom is -0.246 e. The number of nitrogens with zero attached hydrogens (tertiary/aromatic N) is 1. The van der Waals surface area contributed by atoms with Gasteiger partial charge in [-0.15, -0.1) is 11.3 Å². The first-order valence-electron chi connectivity index (χ1n) is 14.0. The highest BCUT2D eigenvalue weighted by atomic mass is 32.1. The summed E-state index contributed by atoms with van der Waals surface area (Å²) in [5, 5.41) is 5.17. The highest BCUT2D eigenvalue weighted by molar-refractivity contribution is 7.25. The van der Waals surface area contributed by atoms with E-state index in [9.17, 15) is 0 Å². The number of hydrogen-bond donors (Lipinski definition) is 0. The largest absolute Gasteiger partial charge is 0.246 e. The third kappa shape index (κ3) is 3.32. The molecule has 0 N–H and O–H groups in total. The Kier molecular flexibility index (Phi) is 4.84. The SMILES string of the molecule is c1ccc(-c2nc(-c3ccc4sc5ccccc5c4c3)c(-c3ccccc3)c3c2-c2cccc4cccc-3c24)cc1. The number of rotatable bonds is 3. The lowest BCUT2D eigenvalue weighted by atomic mass is 9.87. The molecule has 0 amide bonds. The van der Waals surface area contributed by atoms with Crippen LogP contribution in [0.2, 0.25) is 0 Å². The van der Waals surface area contributed by atoms with Crippen LogP contribution < -0.4 is 0 Å². The summed E-state index contributed by atoms with van der Waals surface area (Å²) in [5.41, 5.74) is 11.8. The van der Waals surface area contributed by atoms with Crippen molar-refractivity contribution < 1.29 is 0 Å². The Labute approximate surface area is 242 Å². The molecule has 2 aromatic heterocycles. The van der Waals surface area contributed by atoms with Crippen LogP contribution in [0.3, 0.4) is 0 Å². The van der Waals surface area contributed by atoms with Gasteiger partial charge in [-0.05, 0) is 45.7 Å². The van der Waals surface area contributed by atoms with Crippen molar-refractivity contribution in [1.29, 1.82) is 0 Å². The second kappa shape index (κ2) is 8.72. The highest BCUT2D eigenvalue weighted by Crippen LogP contribution is 2.56. The maximum absolute atomic E-state index is 5.61. The van der Waals surface area contributed by atoms with E-state index in [0.29, 0.717) is 0 Å². The lowest BCUT2D eigenvalue weighted by Crippen LogP contribution is -1.98. The van der Waals surface area contributed by atoms with E-state index < -0.39 is 0 Å². The Morgan fingerprint density at radius 2 is 1.05 bits per heavy atom. The van der Waals surface area contributed by atoms with Crippen molar-refractivity contribution >= 4 is 42.3 Å². The first kappa shape index (κ1) is 22.7. The third-order valence-electron chi connectivity index (χ3n) is 8.40. The van der Waals surface area contributed by atoms with Crippen LogP contribution in [0.15, 0.2) is 140 Å². The van der Waals surface area contributed by atoms with Crippen LogP contribution in [0, 0.1) is 0 Å². The van der Waals surface area contributed by atoms with Crippen LogP contribution in [-0.2, 0) is 0 Å². The molecule has 2 heterocycles. The van der Waals surface area contributed by atoms with E-state index in [-0.39, 0.29) is 0 Å². The fourth-order valence-electron chi connectivity index (χ4n) is 6.65. The second-order valence-electron chi connectivity index (χ2n) is 10.7.